The van der Waals surface area contributed by atoms with Gasteiger partial charge in [-0.1, -0.05) is 40.4 Å². The summed E-state index contributed by atoms with van der Waals surface area (Å²) < 4.78 is 11.8. The molecule has 0 amide bonds. The van der Waals surface area contributed by atoms with Gasteiger partial charge in [-0.15, -0.1) is 0 Å². The minimum absolute atomic E-state index is 0.0922. The standard InChI is InChI=1S/C15H34O3Si2/c1-15(2,3)20(7,8)17-11-9-10-12(16)13-14(18-13)19(4,5)6/h12-14,16H,9-11H2,1-8H3. The fourth-order valence-corrected chi connectivity index (χ4v) is 4.97. The van der Waals surface area contributed by atoms with Crippen molar-refractivity contribution in [1.82, 2.24) is 0 Å². The van der Waals surface area contributed by atoms with Crippen molar-refractivity contribution in [3.63, 3.8) is 0 Å². The molecule has 3 atom stereocenters. The van der Waals surface area contributed by atoms with Gasteiger partial charge in [0.15, 0.2) is 8.32 Å². The highest BCUT2D eigenvalue weighted by Crippen LogP contribution is 2.37. The molecule has 0 aromatic rings. The van der Waals surface area contributed by atoms with Crippen LogP contribution in [0.5, 0.6) is 0 Å². The highest BCUT2D eigenvalue weighted by atomic mass is 28.4. The van der Waals surface area contributed by atoms with E-state index in [1.165, 1.54) is 0 Å². The zero-order chi connectivity index (χ0) is 15.8. The highest BCUT2D eigenvalue weighted by molar-refractivity contribution is 6.78. The van der Waals surface area contributed by atoms with Gasteiger partial charge in [0.25, 0.3) is 0 Å². The zero-order valence-corrected chi connectivity index (χ0v) is 16.6. The predicted octanol–water partition coefficient (Wildman–Crippen LogP) is 3.79. The molecule has 0 spiro atoms. The van der Waals surface area contributed by atoms with Gasteiger partial charge in [-0.25, -0.2) is 0 Å². The van der Waals surface area contributed by atoms with Crippen LogP contribution in [0.2, 0.25) is 37.8 Å². The molecule has 1 heterocycles. The molecule has 1 fully saturated rings. The molecule has 1 aliphatic heterocycles. The quantitative estimate of drug-likeness (QED) is 0.441. The van der Waals surface area contributed by atoms with E-state index in [2.05, 4.69) is 53.5 Å². The summed E-state index contributed by atoms with van der Waals surface area (Å²) in [5, 5.41) is 10.4. The van der Waals surface area contributed by atoms with Gasteiger partial charge in [0.05, 0.1) is 19.9 Å². The molecule has 3 nitrogen and oxygen atoms in total. The summed E-state index contributed by atoms with van der Waals surface area (Å²) in [5.41, 5.74) is 0.346. The van der Waals surface area contributed by atoms with Gasteiger partial charge >= 0.3 is 0 Å². The Bertz CT molecular complexity index is 318. The van der Waals surface area contributed by atoms with Crippen LogP contribution in [0.3, 0.4) is 0 Å². The van der Waals surface area contributed by atoms with Crippen LogP contribution in [-0.4, -0.2) is 46.0 Å². The molecule has 0 bridgehead atoms. The lowest BCUT2D eigenvalue weighted by atomic mass is 10.1. The summed E-state index contributed by atoms with van der Waals surface area (Å²) in [6, 6.07) is 0. The van der Waals surface area contributed by atoms with Crippen molar-refractivity contribution in [3.05, 3.63) is 0 Å². The van der Waals surface area contributed by atoms with Crippen LogP contribution in [0.1, 0.15) is 33.6 Å². The molecular weight excluding hydrogens is 284 g/mol. The van der Waals surface area contributed by atoms with Crippen molar-refractivity contribution in [2.45, 2.75) is 89.3 Å². The number of epoxide rings is 1. The van der Waals surface area contributed by atoms with Crippen molar-refractivity contribution < 1.29 is 14.3 Å². The molecule has 5 heteroatoms. The maximum atomic E-state index is 10.2. The molecule has 0 saturated carbocycles. The summed E-state index contributed by atoms with van der Waals surface area (Å²) in [6.45, 7) is 19.0. The Labute approximate surface area is 127 Å². The third kappa shape index (κ3) is 4.95. The minimum Gasteiger partial charge on any atom is -0.417 e. The Balaban J connectivity index is 2.23. The molecule has 0 aromatic carbocycles. The van der Waals surface area contributed by atoms with Crippen molar-refractivity contribution in [2.75, 3.05) is 6.61 Å². The second kappa shape index (κ2) is 6.20. The number of aliphatic hydroxyl groups is 1. The predicted molar refractivity (Wildman–Crippen MR) is 90.4 cm³/mol. The SMILES string of the molecule is CC(C)(C)[Si](C)(C)OCCCC(O)C1OC1[Si](C)(C)C. The van der Waals surface area contributed by atoms with E-state index in [1.54, 1.807) is 0 Å². The smallest absolute Gasteiger partial charge is 0.191 e. The van der Waals surface area contributed by atoms with E-state index in [9.17, 15) is 5.11 Å². The minimum atomic E-state index is -1.64. The zero-order valence-electron chi connectivity index (χ0n) is 14.6. The van der Waals surface area contributed by atoms with Gasteiger partial charge in [0.2, 0.25) is 0 Å². The van der Waals surface area contributed by atoms with Crippen LogP contribution in [0.4, 0.5) is 0 Å². The molecule has 20 heavy (non-hydrogen) atoms. The topological polar surface area (TPSA) is 42.0 Å². The third-order valence-electron chi connectivity index (χ3n) is 4.67. The first-order valence-electron chi connectivity index (χ1n) is 7.84. The van der Waals surface area contributed by atoms with Crippen LogP contribution in [0, 0.1) is 0 Å². The molecule has 0 radical (unpaired) electrons. The van der Waals surface area contributed by atoms with Crippen molar-refractivity contribution in [1.29, 1.82) is 0 Å². The Morgan fingerprint density at radius 1 is 1.15 bits per heavy atom. The number of rotatable bonds is 7. The van der Waals surface area contributed by atoms with Gasteiger partial charge in [0.1, 0.15) is 6.10 Å². The van der Waals surface area contributed by atoms with E-state index in [0.29, 0.717) is 5.73 Å². The van der Waals surface area contributed by atoms with Crippen LogP contribution < -0.4 is 0 Å². The molecule has 120 valence electrons. The van der Waals surface area contributed by atoms with E-state index in [0.717, 1.165) is 19.4 Å². The maximum absolute atomic E-state index is 10.2. The van der Waals surface area contributed by atoms with Gasteiger partial charge < -0.3 is 14.3 Å². The Morgan fingerprint density at radius 2 is 1.70 bits per heavy atom. The van der Waals surface area contributed by atoms with Crippen molar-refractivity contribution in [3.8, 4) is 0 Å². The van der Waals surface area contributed by atoms with E-state index >= 15 is 0 Å². The van der Waals surface area contributed by atoms with E-state index < -0.39 is 16.4 Å². The van der Waals surface area contributed by atoms with Crippen molar-refractivity contribution >= 4 is 16.4 Å². The van der Waals surface area contributed by atoms with E-state index in [4.69, 9.17) is 9.16 Å². The molecule has 1 rings (SSSR count). The average molecular weight is 319 g/mol. The first kappa shape index (κ1) is 18.4. The monoisotopic (exact) mass is 318 g/mol. The maximum Gasteiger partial charge on any atom is 0.191 e. The molecule has 3 unspecified atom stereocenters. The third-order valence-corrected chi connectivity index (χ3v) is 11.4. The molecular formula is C15H34O3Si2. The van der Waals surface area contributed by atoms with Crippen molar-refractivity contribution in [2.24, 2.45) is 0 Å². The first-order valence-corrected chi connectivity index (χ1v) is 14.3. The summed E-state index contributed by atoms with van der Waals surface area (Å²) in [7, 11) is -2.90. The fourth-order valence-electron chi connectivity index (χ4n) is 2.11. The van der Waals surface area contributed by atoms with Gasteiger partial charge in [0, 0.05) is 6.61 Å². The molecule has 0 aromatic heterocycles. The van der Waals surface area contributed by atoms with Crippen LogP contribution >= 0.6 is 0 Å². The van der Waals surface area contributed by atoms with Gasteiger partial charge in [-0.3, -0.25) is 0 Å². The number of hydrogen-bond acceptors (Lipinski definition) is 3. The van der Waals surface area contributed by atoms with E-state index in [1.807, 2.05) is 0 Å². The Hall–Kier alpha value is 0.314. The van der Waals surface area contributed by atoms with Crippen LogP contribution in [0.25, 0.3) is 0 Å². The molecule has 1 saturated heterocycles. The number of aliphatic hydroxyl groups excluding tert-OH is 1. The highest BCUT2D eigenvalue weighted by Gasteiger charge is 2.51. The number of hydrogen-bond donors (Lipinski definition) is 1. The van der Waals surface area contributed by atoms with Gasteiger partial charge in [-0.2, -0.15) is 0 Å². The Morgan fingerprint density at radius 3 is 2.10 bits per heavy atom. The largest absolute Gasteiger partial charge is 0.417 e. The Kier molecular flexibility index (Phi) is 5.70. The first-order chi connectivity index (χ1) is 8.86. The lowest BCUT2D eigenvalue weighted by Gasteiger charge is -2.36. The molecule has 1 N–H and O–H groups in total. The summed E-state index contributed by atoms with van der Waals surface area (Å²) in [6.07, 6.45) is 1.50. The van der Waals surface area contributed by atoms with Gasteiger partial charge in [-0.05, 0) is 31.0 Å². The summed E-state index contributed by atoms with van der Waals surface area (Å²) in [5.74, 6) is 0. The van der Waals surface area contributed by atoms with Crippen LogP contribution in [-0.2, 0) is 9.16 Å². The molecule has 1 aliphatic rings. The molecule has 0 aliphatic carbocycles. The van der Waals surface area contributed by atoms with Crippen LogP contribution in [0.15, 0.2) is 0 Å². The van der Waals surface area contributed by atoms with E-state index in [-0.39, 0.29) is 17.2 Å². The number of ether oxygens (including phenoxy) is 1. The summed E-state index contributed by atoms with van der Waals surface area (Å²) in [4.78, 5) is 0. The fraction of sp³-hybridized carbons (Fsp3) is 1.00. The normalized spacial score (nSPS) is 25.6. The lowest BCUT2D eigenvalue weighted by molar-refractivity contribution is 0.117. The summed E-state index contributed by atoms with van der Waals surface area (Å²) >= 11 is 0. The second-order valence-electron chi connectivity index (χ2n) is 8.71. The lowest BCUT2D eigenvalue weighted by Crippen LogP contribution is -2.41. The average Bonchev–Trinajstić information content (AvgIpc) is 3.01. The second-order valence-corrected chi connectivity index (χ2v) is 18.8.